The van der Waals surface area contributed by atoms with Crippen LogP contribution in [0.15, 0.2) is 29.2 Å². The lowest BCUT2D eigenvalue weighted by molar-refractivity contribution is -0.114. The molecule has 7 heteroatoms. The number of anilines is 1. The number of nitrogens with one attached hydrogen (secondary N) is 2. The highest BCUT2D eigenvalue weighted by molar-refractivity contribution is 7.89. The summed E-state index contributed by atoms with van der Waals surface area (Å²) in [6.07, 6.45) is 2.46. The van der Waals surface area contributed by atoms with Crippen LogP contribution in [0.4, 0.5) is 5.69 Å². The van der Waals surface area contributed by atoms with Crippen LogP contribution in [0.25, 0.3) is 0 Å². The van der Waals surface area contributed by atoms with Crippen molar-refractivity contribution in [2.45, 2.75) is 49.6 Å². The van der Waals surface area contributed by atoms with Crippen molar-refractivity contribution in [2.24, 2.45) is 0 Å². The fourth-order valence-corrected chi connectivity index (χ4v) is 3.74. The zero-order chi connectivity index (χ0) is 15.5. The number of hydrogen-bond donors (Lipinski definition) is 3. The highest BCUT2D eigenvalue weighted by Crippen LogP contribution is 2.21. The van der Waals surface area contributed by atoms with E-state index in [0.717, 1.165) is 12.8 Å². The average Bonchev–Trinajstić information content (AvgIpc) is 2.41. The van der Waals surface area contributed by atoms with Crippen molar-refractivity contribution >= 4 is 21.6 Å². The van der Waals surface area contributed by atoms with Gasteiger partial charge >= 0.3 is 0 Å². The van der Waals surface area contributed by atoms with E-state index in [2.05, 4.69) is 10.0 Å². The van der Waals surface area contributed by atoms with Gasteiger partial charge in [-0.3, -0.25) is 4.79 Å². The molecule has 0 aliphatic heterocycles. The third kappa shape index (κ3) is 4.26. The fraction of sp³-hybridized carbons (Fsp3) is 0.500. The molecular weight excluding hydrogens is 292 g/mol. The van der Waals surface area contributed by atoms with Crippen LogP contribution < -0.4 is 10.0 Å². The molecule has 0 radical (unpaired) electrons. The number of rotatable bonds is 4. The van der Waals surface area contributed by atoms with E-state index in [4.69, 9.17) is 0 Å². The van der Waals surface area contributed by atoms with E-state index < -0.39 is 22.2 Å². The van der Waals surface area contributed by atoms with Crippen LogP contribution in [0.5, 0.6) is 0 Å². The van der Waals surface area contributed by atoms with Gasteiger partial charge in [-0.15, -0.1) is 0 Å². The van der Waals surface area contributed by atoms with Gasteiger partial charge in [-0.25, -0.2) is 13.1 Å². The van der Waals surface area contributed by atoms with E-state index in [9.17, 15) is 18.3 Å². The predicted molar refractivity (Wildman–Crippen MR) is 79.3 cm³/mol. The SMILES string of the molecule is CC(=O)Nc1ccc(S(=O)(=O)N[C@@H]2CCCC[C@@H]2O)cc1. The molecule has 6 nitrogen and oxygen atoms in total. The molecule has 2 atom stereocenters. The lowest BCUT2D eigenvalue weighted by atomic mass is 9.93. The molecule has 3 N–H and O–H groups in total. The topological polar surface area (TPSA) is 95.5 Å². The van der Waals surface area contributed by atoms with Crippen molar-refractivity contribution in [3.63, 3.8) is 0 Å². The van der Waals surface area contributed by atoms with Gasteiger partial charge in [-0.2, -0.15) is 0 Å². The third-order valence-corrected chi connectivity index (χ3v) is 5.03. The summed E-state index contributed by atoms with van der Waals surface area (Å²) in [5, 5.41) is 12.4. The van der Waals surface area contributed by atoms with Crippen molar-refractivity contribution in [2.75, 3.05) is 5.32 Å². The third-order valence-electron chi connectivity index (χ3n) is 3.52. The molecule has 0 aromatic heterocycles. The molecule has 0 bridgehead atoms. The smallest absolute Gasteiger partial charge is 0.240 e. The Labute approximate surface area is 124 Å². The number of carbonyl (C=O) groups is 1. The van der Waals surface area contributed by atoms with E-state index in [1.54, 1.807) is 0 Å². The van der Waals surface area contributed by atoms with Crippen LogP contribution in [0.1, 0.15) is 32.6 Å². The molecule has 1 saturated carbocycles. The van der Waals surface area contributed by atoms with Gasteiger partial charge in [-0.1, -0.05) is 12.8 Å². The van der Waals surface area contributed by atoms with E-state index in [1.165, 1.54) is 31.2 Å². The van der Waals surface area contributed by atoms with E-state index in [-0.39, 0.29) is 10.8 Å². The quantitative estimate of drug-likeness (QED) is 0.779. The van der Waals surface area contributed by atoms with Crippen molar-refractivity contribution in [3.05, 3.63) is 24.3 Å². The Morgan fingerprint density at radius 1 is 1.19 bits per heavy atom. The first kappa shape index (κ1) is 15.9. The fourth-order valence-electron chi connectivity index (χ4n) is 2.44. The van der Waals surface area contributed by atoms with Gasteiger partial charge in [0.15, 0.2) is 0 Å². The summed E-state index contributed by atoms with van der Waals surface area (Å²) in [6, 6.07) is 5.50. The molecule has 1 amide bonds. The molecule has 0 heterocycles. The molecule has 1 aliphatic rings. The van der Waals surface area contributed by atoms with E-state index in [0.29, 0.717) is 18.5 Å². The van der Waals surface area contributed by atoms with Gasteiger partial charge in [0.2, 0.25) is 15.9 Å². The number of benzene rings is 1. The predicted octanol–water partition coefficient (Wildman–Crippen LogP) is 1.23. The Hall–Kier alpha value is -1.44. The second kappa shape index (κ2) is 6.55. The zero-order valence-electron chi connectivity index (χ0n) is 11.9. The number of sulfonamides is 1. The maximum Gasteiger partial charge on any atom is 0.240 e. The van der Waals surface area contributed by atoms with Gasteiger partial charge in [0.05, 0.1) is 11.0 Å². The summed E-state index contributed by atoms with van der Waals surface area (Å²) in [7, 11) is -3.66. The van der Waals surface area contributed by atoms with Gasteiger partial charge in [-0.05, 0) is 37.1 Å². The Morgan fingerprint density at radius 2 is 1.81 bits per heavy atom. The van der Waals surface area contributed by atoms with Gasteiger partial charge in [0.25, 0.3) is 0 Å². The van der Waals surface area contributed by atoms with E-state index >= 15 is 0 Å². The van der Waals surface area contributed by atoms with E-state index in [1.807, 2.05) is 0 Å². The van der Waals surface area contributed by atoms with Crippen LogP contribution in [0, 0.1) is 0 Å². The standard InChI is InChI=1S/C14H20N2O4S/c1-10(17)15-11-6-8-12(9-7-11)21(19,20)16-13-4-2-3-5-14(13)18/h6-9,13-14,16,18H,2-5H2,1H3,(H,15,17)/t13-,14+/m1/s1. The Balaban J connectivity index is 2.10. The first-order valence-electron chi connectivity index (χ1n) is 6.96. The molecular formula is C14H20N2O4S. The van der Waals surface area contributed by atoms with Gasteiger partial charge in [0, 0.05) is 18.7 Å². The Kier molecular flexibility index (Phi) is 4.97. The molecule has 1 aliphatic carbocycles. The lowest BCUT2D eigenvalue weighted by Gasteiger charge is -2.28. The molecule has 2 rings (SSSR count). The first-order valence-corrected chi connectivity index (χ1v) is 8.45. The summed E-state index contributed by atoms with van der Waals surface area (Å²) in [4.78, 5) is 11.0. The minimum absolute atomic E-state index is 0.120. The zero-order valence-corrected chi connectivity index (χ0v) is 12.7. The molecule has 0 spiro atoms. The normalized spacial score (nSPS) is 22.8. The van der Waals surface area contributed by atoms with Crippen molar-refractivity contribution in [1.82, 2.24) is 4.72 Å². The minimum Gasteiger partial charge on any atom is -0.391 e. The summed E-state index contributed by atoms with van der Waals surface area (Å²) in [5.41, 5.74) is 0.541. The second-order valence-electron chi connectivity index (χ2n) is 5.29. The molecule has 1 fully saturated rings. The summed E-state index contributed by atoms with van der Waals surface area (Å²) >= 11 is 0. The van der Waals surface area contributed by atoms with Crippen molar-refractivity contribution in [3.8, 4) is 0 Å². The molecule has 0 unspecified atom stereocenters. The van der Waals surface area contributed by atoms with Crippen LogP contribution in [0.2, 0.25) is 0 Å². The van der Waals surface area contributed by atoms with Gasteiger partial charge in [0.1, 0.15) is 0 Å². The number of aliphatic hydroxyl groups excluding tert-OH is 1. The number of amides is 1. The highest BCUT2D eigenvalue weighted by Gasteiger charge is 2.28. The Bertz CT molecular complexity index is 598. The lowest BCUT2D eigenvalue weighted by Crippen LogP contribution is -2.44. The molecule has 0 saturated heterocycles. The van der Waals surface area contributed by atoms with Crippen molar-refractivity contribution < 1.29 is 18.3 Å². The average molecular weight is 312 g/mol. The van der Waals surface area contributed by atoms with Crippen LogP contribution >= 0.6 is 0 Å². The minimum atomic E-state index is -3.66. The number of carbonyl (C=O) groups excluding carboxylic acids is 1. The summed E-state index contributed by atoms with van der Waals surface area (Å²) < 4.78 is 27.1. The number of hydrogen-bond acceptors (Lipinski definition) is 4. The molecule has 1 aromatic carbocycles. The van der Waals surface area contributed by atoms with Crippen LogP contribution in [-0.2, 0) is 14.8 Å². The molecule has 116 valence electrons. The maximum atomic E-state index is 12.3. The Morgan fingerprint density at radius 3 is 2.38 bits per heavy atom. The molecule has 21 heavy (non-hydrogen) atoms. The number of aliphatic hydroxyl groups is 1. The largest absolute Gasteiger partial charge is 0.391 e. The van der Waals surface area contributed by atoms with Crippen LogP contribution in [0.3, 0.4) is 0 Å². The highest BCUT2D eigenvalue weighted by atomic mass is 32.2. The first-order chi connectivity index (χ1) is 9.88. The summed E-state index contributed by atoms with van der Waals surface area (Å²) in [6.45, 7) is 1.39. The van der Waals surface area contributed by atoms with Gasteiger partial charge < -0.3 is 10.4 Å². The maximum absolute atomic E-state index is 12.3. The monoisotopic (exact) mass is 312 g/mol. The second-order valence-corrected chi connectivity index (χ2v) is 7.00. The summed E-state index contributed by atoms with van der Waals surface area (Å²) in [5.74, 6) is -0.214. The van der Waals surface area contributed by atoms with Crippen molar-refractivity contribution in [1.29, 1.82) is 0 Å². The van der Waals surface area contributed by atoms with Crippen LogP contribution in [-0.4, -0.2) is 31.6 Å². The molecule has 1 aromatic rings.